The standard InChI is InChI=1S/C6H10N2OS/c1-2-3-10-8-5-7-4-6(8)9/h5H,2-4H2,1H3. The highest BCUT2D eigenvalue weighted by molar-refractivity contribution is 7.98. The van der Waals surface area contributed by atoms with Crippen LogP contribution >= 0.6 is 11.9 Å². The van der Waals surface area contributed by atoms with Crippen molar-refractivity contribution in [3.8, 4) is 0 Å². The molecule has 0 N–H and O–H groups in total. The minimum Gasteiger partial charge on any atom is -0.271 e. The molecule has 0 bridgehead atoms. The van der Waals surface area contributed by atoms with Crippen LogP contribution in [0.3, 0.4) is 0 Å². The second kappa shape index (κ2) is 3.61. The lowest BCUT2D eigenvalue weighted by atomic mass is 10.6. The highest BCUT2D eigenvalue weighted by atomic mass is 32.2. The lowest BCUT2D eigenvalue weighted by Crippen LogP contribution is -2.18. The van der Waals surface area contributed by atoms with Gasteiger partial charge in [-0.1, -0.05) is 6.92 Å². The molecule has 56 valence electrons. The highest BCUT2D eigenvalue weighted by Crippen LogP contribution is 2.11. The van der Waals surface area contributed by atoms with Crippen molar-refractivity contribution in [2.24, 2.45) is 4.99 Å². The molecule has 3 nitrogen and oxygen atoms in total. The third-order valence-electron chi connectivity index (χ3n) is 1.09. The van der Waals surface area contributed by atoms with Crippen LogP contribution < -0.4 is 0 Å². The molecule has 0 aromatic carbocycles. The first kappa shape index (κ1) is 7.60. The first-order valence-electron chi connectivity index (χ1n) is 3.29. The zero-order chi connectivity index (χ0) is 7.40. The fourth-order valence-electron chi connectivity index (χ4n) is 0.622. The number of hydrogen-bond donors (Lipinski definition) is 0. The van der Waals surface area contributed by atoms with E-state index in [-0.39, 0.29) is 5.91 Å². The highest BCUT2D eigenvalue weighted by Gasteiger charge is 2.15. The van der Waals surface area contributed by atoms with E-state index in [1.807, 2.05) is 0 Å². The van der Waals surface area contributed by atoms with E-state index in [1.165, 1.54) is 11.9 Å². The molecule has 1 rings (SSSR count). The molecule has 10 heavy (non-hydrogen) atoms. The summed E-state index contributed by atoms with van der Waals surface area (Å²) in [7, 11) is 0. The van der Waals surface area contributed by atoms with Crippen molar-refractivity contribution in [2.45, 2.75) is 13.3 Å². The van der Waals surface area contributed by atoms with Crippen molar-refractivity contribution in [1.82, 2.24) is 4.31 Å². The predicted molar refractivity (Wildman–Crippen MR) is 43.0 cm³/mol. The summed E-state index contributed by atoms with van der Waals surface area (Å²) >= 11 is 1.53. The van der Waals surface area contributed by atoms with Crippen molar-refractivity contribution in [1.29, 1.82) is 0 Å². The van der Waals surface area contributed by atoms with E-state index < -0.39 is 0 Å². The molecule has 0 radical (unpaired) electrons. The topological polar surface area (TPSA) is 32.7 Å². The number of carbonyl (C=O) groups excluding carboxylic acids is 1. The van der Waals surface area contributed by atoms with Gasteiger partial charge in [0.25, 0.3) is 5.91 Å². The molecular weight excluding hydrogens is 148 g/mol. The van der Waals surface area contributed by atoms with Crippen molar-refractivity contribution in [3.63, 3.8) is 0 Å². The Balaban J connectivity index is 2.27. The lowest BCUT2D eigenvalue weighted by molar-refractivity contribution is -0.121. The summed E-state index contributed by atoms with van der Waals surface area (Å²) in [6.07, 6.45) is 2.69. The van der Waals surface area contributed by atoms with Gasteiger partial charge in [0.05, 0.1) is 0 Å². The molecule has 0 saturated carbocycles. The summed E-state index contributed by atoms with van der Waals surface area (Å²) in [5.41, 5.74) is 0. The first-order chi connectivity index (χ1) is 4.84. The Morgan fingerprint density at radius 3 is 3.20 bits per heavy atom. The molecule has 0 spiro atoms. The maximum atomic E-state index is 10.9. The maximum absolute atomic E-state index is 10.9. The molecule has 0 unspecified atom stereocenters. The molecule has 0 saturated heterocycles. The van der Waals surface area contributed by atoms with Gasteiger partial charge in [-0.25, -0.2) is 4.31 Å². The SMILES string of the molecule is CCCSN1C=NCC1=O. The molecule has 1 amide bonds. The second-order valence-electron chi connectivity index (χ2n) is 2.01. The van der Waals surface area contributed by atoms with Gasteiger partial charge in [0, 0.05) is 5.75 Å². The van der Waals surface area contributed by atoms with Gasteiger partial charge in [-0.05, 0) is 18.4 Å². The van der Waals surface area contributed by atoms with E-state index in [0.717, 1.165) is 12.2 Å². The summed E-state index contributed by atoms with van der Waals surface area (Å²) in [4.78, 5) is 14.7. The lowest BCUT2D eigenvalue weighted by Gasteiger charge is -2.07. The Bertz CT molecular complexity index is 158. The number of hydrogen-bond acceptors (Lipinski definition) is 3. The van der Waals surface area contributed by atoms with Crippen LogP contribution in [0.1, 0.15) is 13.3 Å². The van der Waals surface area contributed by atoms with E-state index in [4.69, 9.17) is 0 Å². The Morgan fingerprint density at radius 2 is 2.70 bits per heavy atom. The minimum absolute atomic E-state index is 0.0958. The first-order valence-corrected chi connectivity index (χ1v) is 4.23. The third-order valence-corrected chi connectivity index (χ3v) is 2.26. The van der Waals surface area contributed by atoms with Crippen LogP contribution in [0.25, 0.3) is 0 Å². The van der Waals surface area contributed by atoms with Crippen LogP contribution in [0, 0.1) is 0 Å². The molecule has 1 aliphatic rings. The van der Waals surface area contributed by atoms with E-state index in [2.05, 4.69) is 11.9 Å². The van der Waals surface area contributed by atoms with Gasteiger partial charge >= 0.3 is 0 Å². The Labute approximate surface area is 64.6 Å². The van der Waals surface area contributed by atoms with Crippen LogP contribution in [0.15, 0.2) is 4.99 Å². The Morgan fingerprint density at radius 1 is 1.90 bits per heavy atom. The zero-order valence-electron chi connectivity index (χ0n) is 5.91. The Hall–Kier alpha value is -0.510. The number of rotatable bonds is 3. The molecule has 4 heteroatoms. The normalized spacial score (nSPS) is 16.9. The van der Waals surface area contributed by atoms with E-state index >= 15 is 0 Å². The Kier molecular flexibility index (Phi) is 2.74. The summed E-state index contributed by atoms with van der Waals surface area (Å²) in [5.74, 6) is 1.08. The second-order valence-corrected chi connectivity index (χ2v) is 3.07. The van der Waals surface area contributed by atoms with Crippen molar-refractivity contribution in [2.75, 3.05) is 12.3 Å². The van der Waals surface area contributed by atoms with Gasteiger partial charge in [0.15, 0.2) is 0 Å². The fourth-order valence-corrected chi connectivity index (χ4v) is 1.34. The van der Waals surface area contributed by atoms with Gasteiger partial charge < -0.3 is 0 Å². The molecule has 0 aromatic rings. The van der Waals surface area contributed by atoms with Crippen LogP contribution in [-0.4, -0.2) is 28.8 Å². The van der Waals surface area contributed by atoms with E-state index in [9.17, 15) is 4.79 Å². The number of nitrogens with zero attached hydrogens (tertiary/aromatic N) is 2. The number of carbonyl (C=O) groups is 1. The van der Waals surface area contributed by atoms with Gasteiger partial charge in [0.2, 0.25) is 0 Å². The zero-order valence-corrected chi connectivity index (χ0v) is 6.73. The van der Waals surface area contributed by atoms with Gasteiger partial charge in [-0.15, -0.1) is 0 Å². The summed E-state index contributed by atoms with van der Waals surface area (Å²) in [6.45, 7) is 2.42. The summed E-state index contributed by atoms with van der Waals surface area (Å²) in [5, 5.41) is 0. The van der Waals surface area contributed by atoms with Crippen LogP contribution in [-0.2, 0) is 4.79 Å². The fraction of sp³-hybridized carbons (Fsp3) is 0.667. The van der Waals surface area contributed by atoms with Crippen LogP contribution in [0.2, 0.25) is 0 Å². The van der Waals surface area contributed by atoms with Crippen LogP contribution in [0.4, 0.5) is 0 Å². The van der Waals surface area contributed by atoms with Crippen molar-refractivity contribution >= 4 is 24.2 Å². The van der Waals surface area contributed by atoms with Crippen molar-refractivity contribution < 1.29 is 4.79 Å². The molecular formula is C6H10N2OS. The molecule has 0 atom stereocenters. The minimum atomic E-state index is 0.0958. The largest absolute Gasteiger partial charge is 0.271 e. The monoisotopic (exact) mass is 158 g/mol. The average molecular weight is 158 g/mol. The molecule has 1 aliphatic heterocycles. The third kappa shape index (κ3) is 1.73. The predicted octanol–water partition coefficient (Wildman–Crippen LogP) is 0.915. The van der Waals surface area contributed by atoms with Gasteiger partial charge in [0.1, 0.15) is 12.9 Å². The maximum Gasteiger partial charge on any atom is 0.259 e. The van der Waals surface area contributed by atoms with Crippen LogP contribution in [0.5, 0.6) is 0 Å². The molecule has 0 aliphatic carbocycles. The quantitative estimate of drug-likeness (QED) is 0.572. The van der Waals surface area contributed by atoms with Gasteiger partial charge in [-0.2, -0.15) is 0 Å². The molecule has 1 heterocycles. The number of amides is 1. The van der Waals surface area contributed by atoms with E-state index in [0.29, 0.717) is 6.54 Å². The smallest absolute Gasteiger partial charge is 0.259 e. The van der Waals surface area contributed by atoms with Crippen molar-refractivity contribution in [3.05, 3.63) is 0 Å². The summed E-state index contributed by atoms with van der Waals surface area (Å²) in [6, 6.07) is 0. The molecule has 0 aromatic heterocycles. The molecule has 0 fully saturated rings. The summed E-state index contributed by atoms with van der Waals surface area (Å²) < 4.78 is 1.60. The van der Waals surface area contributed by atoms with Gasteiger partial charge in [-0.3, -0.25) is 9.79 Å². The number of aliphatic imine (C=N–C) groups is 1. The van der Waals surface area contributed by atoms with E-state index in [1.54, 1.807) is 10.6 Å². The average Bonchev–Trinajstić information content (AvgIpc) is 2.31.